The van der Waals surface area contributed by atoms with Gasteiger partial charge in [-0.25, -0.2) is 4.98 Å². The lowest BCUT2D eigenvalue weighted by Crippen LogP contribution is -2.40. The Morgan fingerprint density at radius 2 is 2.17 bits per heavy atom. The fourth-order valence-corrected chi connectivity index (χ4v) is 3.57. The maximum atomic E-state index is 12.4. The lowest BCUT2D eigenvalue weighted by atomic mass is 10.1. The quantitative estimate of drug-likeness (QED) is 0.863. The van der Waals surface area contributed by atoms with Crippen LogP contribution in [0.25, 0.3) is 0 Å². The van der Waals surface area contributed by atoms with Crippen molar-refractivity contribution < 1.29 is 4.79 Å². The summed E-state index contributed by atoms with van der Waals surface area (Å²) in [6, 6.07) is 7.35. The van der Waals surface area contributed by atoms with Gasteiger partial charge in [0.05, 0.1) is 5.92 Å². The van der Waals surface area contributed by atoms with E-state index in [0.29, 0.717) is 34.6 Å². The van der Waals surface area contributed by atoms with Gasteiger partial charge in [-0.1, -0.05) is 35.5 Å². The highest BCUT2D eigenvalue weighted by molar-refractivity contribution is 7.99. The SMILES string of the molecule is Cc1cnc2n(c1=O)CC(C(=O)NCc1ccc(Cl)cc1)CS2. The van der Waals surface area contributed by atoms with Crippen molar-refractivity contribution in [3.05, 3.63) is 57.0 Å². The second kappa shape index (κ2) is 6.76. The smallest absolute Gasteiger partial charge is 0.257 e. The molecule has 1 atom stereocenters. The largest absolute Gasteiger partial charge is 0.352 e. The zero-order chi connectivity index (χ0) is 16.4. The second-order valence-electron chi connectivity index (χ2n) is 5.49. The molecule has 0 saturated carbocycles. The van der Waals surface area contributed by atoms with Crippen LogP contribution in [0.3, 0.4) is 0 Å². The Morgan fingerprint density at radius 3 is 2.91 bits per heavy atom. The van der Waals surface area contributed by atoms with Crippen LogP contribution in [0.5, 0.6) is 0 Å². The molecule has 0 bridgehead atoms. The monoisotopic (exact) mass is 349 g/mol. The van der Waals surface area contributed by atoms with Crippen LogP contribution in [0.1, 0.15) is 11.1 Å². The number of carbonyl (C=O) groups is 1. The van der Waals surface area contributed by atoms with Crippen LogP contribution >= 0.6 is 23.4 Å². The molecule has 5 nitrogen and oxygen atoms in total. The van der Waals surface area contributed by atoms with Crippen LogP contribution in [0.15, 0.2) is 40.4 Å². The minimum Gasteiger partial charge on any atom is -0.352 e. The van der Waals surface area contributed by atoms with E-state index in [4.69, 9.17) is 11.6 Å². The van der Waals surface area contributed by atoms with Crippen molar-refractivity contribution in [1.29, 1.82) is 0 Å². The Bertz CT molecular complexity index is 789. The van der Waals surface area contributed by atoms with Crippen molar-refractivity contribution in [2.45, 2.75) is 25.2 Å². The third-order valence-electron chi connectivity index (χ3n) is 3.75. The van der Waals surface area contributed by atoms with Crippen LogP contribution in [0, 0.1) is 12.8 Å². The molecule has 7 heteroatoms. The molecule has 1 aliphatic rings. The minimum atomic E-state index is -0.235. The molecule has 0 radical (unpaired) electrons. The summed E-state index contributed by atoms with van der Waals surface area (Å²) in [7, 11) is 0. The van der Waals surface area contributed by atoms with Gasteiger partial charge < -0.3 is 5.32 Å². The first kappa shape index (κ1) is 16.1. The van der Waals surface area contributed by atoms with Gasteiger partial charge in [-0.3, -0.25) is 14.2 Å². The molecule has 0 saturated heterocycles. The summed E-state index contributed by atoms with van der Waals surface area (Å²) in [4.78, 5) is 28.8. The van der Waals surface area contributed by atoms with Crippen LogP contribution in [-0.2, 0) is 17.9 Å². The standard InChI is InChI=1S/C16H16ClN3O2S/c1-10-6-19-16-20(15(10)22)8-12(9-23-16)14(21)18-7-11-2-4-13(17)5-3-11/h2-6,12H,7-9H2,1H3,(H,18,21). The normalized spacial score (nSPS) is 16.7. The van der Waals surface area contributed by atoms with Crippen molar-refractivity contribution in [2.75, 3.05) is 5.75 Å². The van der Waals surface area contributed by atoms with Gasteiger partial charge in [0.1, 0.15) is 0 Å². The molecule has 1 unspecified atom stereocenters. The Hall–Kier alpha value is -1.79. The number of carbonyl (C=O) groups excluding carboxylic acids is 1. The van der Waals surface area contributed by atoms with E-state index < -0.39 is 0 Å². The Kier molecular flexibility index (Phi) is 4.73. The van der Waals surface area contributed by atoms with E-state index in [2.05, 4.69) is 10.3 Å². The Labute approximate surface area is 143 Å². The maximum absolute atomic E-state index is 12.4. The first-order chi connectivity index (χ1) is 11.0. The zero-order valence-electron chi connectivity index (χ0n) is 12.6. The molecule has 0 fully saturated rings. The molecule has 1 aromatic heterocycles. The van der Waals surface area contributed by atoms with Crippen LogP contribution in [-0.4, -0.2) is 21.2 Å². The van der Waals surface area contributed by atoms with E-state index in [-0.39, 0.29) is 17.4 Å². The van der Waals surface area contributed by atoms with E-state index in [1.54, 1.807) is 29.8 Å². The predicted octanol–water partition coefficient (Wildman–Crippen LogP) is 2.24. The Balaban J connectivity index is 1.66. The molecule has 3 rings (SSSR count). The van der Waals surface area contributed by atoms with Crippen molar-refractivity contribution in [1.82, 2.24) is 14.9 Å². The van der Waals surface area contributed by atoms with Gasteiger partial charge >= 0.3 is 0 Å². The highest BCUT2D eigenvalue weighted by Crippen LogP contribution is 2.25. The molecule has 1 N–H and O–H groups in total. The fourth-order valence-electron chi connectivity index (χ4n) is 2.40. The maximum Gasteiger partial charge on any atom is 0.257 e. The molecule has 1 amide bonds. The average molecular weight is 350 g/mol. The van der Waals surface area contributed by atoms with Crippen molar-refractivity contribution in [2.24, 2.45) is 5.92 Å². The highest BCUT2D eigenvalue weighted by atomic mass is 35.5. The van der Waals surface area contributed by atoms with Crippen molar-refractivity contribution in [3.63, 3.8) is 0 Å². The summed E-state index contributed by atoms with van der Waals surface area (Å²) in [5, 5.41) is 4.27. The summed E-state index contributed by atoms with van der Waals surface area (Å²) >= 11 is 7.29. The number of nitrogens with one attached hydrogen (secondary N) is 1. The number of benzene rings is 1. The summed E-state index contributed by atoms with van der Waals surface area (Å²) in [6.07, 6.45) is 1.59. The second-order valence-corrected chi connectivity index (χ2v) is 6.92. The van der Waals surface area contributed by atoms with Gasteiger partial charge in [-0.05, 0) is 24.6 Å². The number of nitrogens with zero attached hydrogens (tertiary/aromatic N) is 2. The number of hydrogen-bond acceptors (Lipinski definition) is 4. The molecular formula is C16H16ClN3O2S. The molecule has 0 aliphatic carbocycles. The van der Waals surface area contributed by atoms with Gasteiger partial charge in [0.2, 0.25) is 5.91 Å². The van der Waals surface area contributed by atoms with Crippen LogP contribution < -0.4 is 10.9 Å². The Morgan fingerprint density at radius 1 is 1.43 bits per heavy atom. The van der Waals surface area contributed by atoms with Crippen LogP contribution in [0.4, 0.5) is 0 Å². The molecule has 120 valence electrons. The molecular weight excluding hydrogens is 334 g/mol. The van der Waals surface area contributed by atoms with E-state index in [1.165, 1.54) is 11.8 Å². The number of amides is 1. The predicted molar refractivity (Wildman–Crippen MR) is 90.7 cm³/mol. The van der Waals surface area contributed by atoms with Crippen molar-refractivity contribution in [3.8, 4) is 0 Å². The van der Waals surface area contributed by atoms with E-state index in [9.17, 15) is 9.59 Å². The first-order valence-electron chi connectivity index (χ1n) is 7.26. The van der Waals surface area contributed by atoms with Crippen LogP contribution in [0.2, 0.25) is 5.02 Å². The number of thioether (sulfide) groups is 1. The molecule has 1 aromatic carbocycles. The fraction of sp³-hybridized carbons (Fsp3) is 0.312. The molecule has 0 spiro atoms. The van der Waals surface area contributed by atoms with E-state index in [0.717, 1.165) is 5.56 Å². The first-order valence-corrected chi connectivity index (χ1v) is 8.62. The number of fused-ring (bicyclic) bond motifs is 1. The summed E-state index contributed by atoms with van der Waals surface area (Å²) in [5.74, 6) is 0.342. The molecule has 2 aromatic rings. The summed E-state index contributed by atoms with van der Waals surface area (Å²) < 4.78 is 1.59. The third kappa shape index (κ3) is 3.59. The minimum absolute atomic E-state index is 0.0495. The number of halogens is 1. The summed E-state index contributed by atoms with van der Waals surface area (Å²) in [5.41, 5.74) is 1.51. The van der Waals surface area contributed by atoms with E-state index >= 15 is 0 Å². The number of hydrogen-bond donors (Lipinski definition) is 1. The van der Waals surface area contributed by atoms with Gasteiger partial charge in [-0.15, -0.1) is 0 Å². The number of aromatic nitrogens is 2. The number of rotatable bonds is 3. The van der Waals surface area contributed by atoms with Gasteiger partial charge in [0.25, 0.3) is 5.56 Å². The van der Waals surface area contributed by atoms with Gasteiger partial charge in [0, 0.05) is 35.6 Å². The lowest BCUT2D eigenvalue weighted by molar-refractivity contribution is -0.125. The number of aryl methyl sites for hydroxylation is 1. The van der Waals surface area contributed by atoms with Gasteiger partial charge in [-0.2, -0.15) is 0 Å². The highest BCUT2D eigenvalue weighted by Gasteiger charge is 2.26. The molecule has 1 aliphatic heterocycles. The van der Waals surface area contributed by atoms with Crippen molar-refractivity contribution >= 4 is 29.3 Å². The third-order valence-corrected chi connectivity index (χ3v) is 5.15. The van der Waals surface area contributed by atoms with E-state index in [1.807, 2.05) is 12.1 Å². The van der Waals surface area contributed by atoms with Gasteiger partial charge in [0.15, 0.2) is 5.16 Å². The summed E-state index contributed by atoms with van der Waals surface area (Å²) in [6.45, 7) is 2.56. The zero-order valence-corrected chi connectivity index (χ0v) is 14.2. The average Bonchev–Trinajstić information content (AvgIpc) is 2.57. The lowest BCUT2D eigenvalue weighted by Gasteiger charge is -2.24. The topological polar surface area (TPSA) is 64.0 Å². The molecule has 23 heavy (non-hydrogen) atoms. The molecule has 2 heterocycles.